The van der Waals surface area contributed by atoms with Crippen molar-refractivity contribution in [1.29, 1.82) is 0 Å². The third-order valence-electron chi connectivity index (χ3n) is 6.52. The number of aromatic nitrogens is 5. The van der Waals surface area contributed by atoms with E-state index in [1.165, 1.54) is 6.33 Å². The van der Waals surface area contributed by atoms with Gasteiger partial charge in [-0.15, -0.1) is 0 Å². The highest BCUT2D eigenvalue weighted by Crippen LogP contribution is 2.57. The van der Waals surface area contributed by atoms with Gasteiger partial charge in [0.15, 0.2) is 11.6 Å². The van der Waals surface area contributed by atoms with Crippen molar-refractivity contribution in [2.24, 2.45) is 18.4 Å². The van der Waals surface area contributed by atoms with E-state index in [0.717, 1.165) is 23.2 Å². The first-order valence-electron chi connectivity index (χ1n) is 10.8. The van der Waals surface area contributed by atoms with Crippen molar-refractivity contribution in [2.75, 3.05) is 25.6 Å². The van der Waals surface area contributed by atoms with Gasteiger partial charge in [0.1, 0.15) is 23.2 Å². The van der Waals surface area contributed by atoms with Gasteiger partial charge in [0.25, 0.3) is 0 Å². The molecule has 1 aromatic carbocycles. The summed E-state index contributed by atoms with van der Waals surface area (Å²) < 4.78 is 12.8. The Hall–Kier alpha value is -3.85. The van der Waals surface area contributed by atoms with Gasteiger partial charge in [-0.1, -0.05) is 30.3 Å². The summed E-state index contributed by atoms with van der Waals surface area (Å²) in [6.45, 7) is 1.08. The average Bonchev–Trinajstić information content (AvgIpc) is 3.18. The van der Waals surface area contributed by atoms with Crippen LogP contribution in [-0.4, -0.2) is 51.0 Å². The lowest BCUT2D eigenvalue weighted by atomic mass is 10.0. The summed E-state index contributed by atoms with van der Waals surface area (Å²) in [5.74, 6) is 0.997. The maximum absolute atomic E-state index is 13.0. The summed E-state index contributed by atoms with van der Waals surface area (Å²) in [6.07, 6.45) is 4.26. The van der Waals surface area contributed by atoms with Crippen molar-refractivity contribution >= 4 is 22.8 Å². The molecule has 1 aliphatic heterocycles. The molecule has 0 spiro atoms. The van der Waals surface area contributed by atoms with Crippen LogP contribution in [0.15, 0.2) is 48.9 Å². The van der Waals surface area contributed by atoms with Gasteiger partial charge in [-0.25, -0.2) is 15.0 Å². The van der Waals surface area contributed by atoms with Crippen LogP contribution in [0.1, 0.15) is 6.42 Å². The summed E-state index contributed by atoms with van der Waals surface area (Å²) in [4.78, 5) is 26.8. The van der Waals surface area contributed by atoms with Crippen LogP contribution >= 0.6 is 0 Å². The minimum atomic E-state index is -0.443. The zero-order valence-corrected chi connectivity index (χ0v) is 18.3. The van der Waals surface area contributed by atoms with E-state index in [-0.39, 0.29) is 11.8 Å². The van der Waals surface area contributed by atoms with Crippen molar-refractivity contribution in [3.8, 4) is 28.3 Å². The summed E-state index contributed by atoms with van der Waals surface area (Å²) >= 11 is 0. The number of aryl methyl sites for hydroxylation is 1. The number of rotatable bonds is 5. The number of methoxy groups -OCH3 is 1. The summed E-state index contributed by atoms with van der Waals surface area (Å²) in [5, 5.41) is 7.63. The van der Waals surface area contributed by atoms with Gasteiger partial charge in [-0.05, 0) is 6.42 Å². The number of carbonyl (C=O) groups is 1. The first-order valence-corrected chi connectivity index (χ1v) is 10.8. The molecule has 9 heteroatoms. The number of nitrogens with zero attached hydrogens (tertiary/aromatic N) is 5. The third-order valence-corrected chi connectivity index (χ3v) is 6.52. The fourth-order valence-electron chi connectivity index (χ4n) is 4.62. The second-order valence-electron chi connectivity index (χ2n) is 8.59. The number of anilines is 1. The number of carbonyl (C=O) groups excluding carboxylic acids is 1. The van der Waals surface area contributed by atoms with Crippen LogP contribution < -0.4 is 10.1 Å². The van der Waals surface area contributed by atoms with Gasteiger partial charge in [0.05, 0.1) is 31.3 Å². The molecule has 6 rings (SSSR count). The standard InChI is InChI=1S/C24H22N6O3/c1-30-10-16(19(29-30)14-6-4-3-5-7-14)20-21-17(25-13-26-20)8-18(32-2)22(27-21)28-23(31)24-9-15(24)11-33-12-24/h3-8,10,13,15H,9,11-12H2,1-2H3,(H,27,28,31)/t15-,24-/m1/s1. The molecule has 1 saturated carbocycles. The van der Waals surface area contributed by atoms with Crippen LogP contribution in [0, 0.1) is 11.3 Å². The first kappa shape index (κ1) is 19.8. The van der Waals surface area contributed by atoms with Crippen LogP contribution in [0.5, 0.6) is 5.75 Å². The normalized spacial score (nSPS) is 21.1. The smallest absolute Gasteiger partial charge is 0.234 e. The van der Waals surface area contributed by atoms with E-state index < -0.39 is 5.41 Å². The molecule has 1 N–H and O–H groups in total. The van der Waals surface area contributed by atoms with E-state index in [1.54, 1.807) is 17.9 Å². The number of pyridine rings is 1. The lowest BCUT2D eigenvalue weighted by molar-refractivity contribution is -0.121. The summed E-state index contributed by atoms with van der Waals surface area (Å²) in [5.41, 5.74) is 3.97. The Labute approximate surface area is 189 Å². The van der Waals surface area contributed by atoms with Crippen LogP contribution in [0.4, 0.5) is 5.82 Å². The predicted molar refractivity (Wildman–Crippen MR) is 122 cm³/mol. The highest BCUT2D eigenvalue weighted by atomic mass is 16.5. The highest BCUT2D eigenvalue weighted by Gasteiger charge is 2.63. The first-order chi connectivity index (χ1) is 16.1. The maximum atomic E-state index is 13.0. The van der Waals surface area contributed by atoms with Crippen LogP contribution in [0.3, 0.4) is 0 Å². The molecule has 9 nitrogen and oxygen atoms in total. The van der Waals surface area contributed by atoms with Gasteiger partial charge in [-0.2, -0.15) is 5.10 Å². The fraction of sp³-hybridized carbons (Fsp3) is 0.292. The minimum absolute atomic E-state index is 0.0834. The van der Waals surface area contributed by atoms with E-state index in [1.807, 2.05) is 43.6 Å². The molecule has 166 valence electrons. The van der Waals surface area contributed by atoms with Crippen molar-refractivity contribution in [3.05, 3.63) is 48.9 Å². The zero-order chi connectivity index (χ0) is 22.6. The van der Waals surface area contributed by atoms with Gasteiger partial charge >= 0.3 is 0 Å². The molecule has 2 aliphatic rings. The number of hydrogen-bond acceptors (Lipinski definition) is 7. The van der Waals surface area contributed by atoms with Gasteiger partial charge in [0.2, 0.25) is 5.91 Å². The Bertz CT molecular complexity index is 1390. The second-order valence-corrected chi connectivity index (χ2v) is 8.59. The molecule has 3 aromatic heterocycles. The van der Waals surface area contributed by atoms with E-state index in [4.69, 9.17) is 14.5 Å². The molecular formula is C24H22N6O3. The number of hydrogen-bond donors (Lipinski definition) is 1. The van der Waals surface area contributed by atoms with Crippen LogP contribution in [0.25, 0.3) is 33.5 Å². The van der Waals surface area contributed by atoms with E-state index in [0.29, 0.717) is 41.5 Å². The molecule has 0 unspecified atom stereocenters. The zero-order valence-electron chi connectivity index (χ0n) is 18.3. The topological polar surface area (TPSA) is 104 Å². The third kappa shape index (κ3) is 3.15. The average molecular weight is 442 g/mol. The lowest BCUT2D eigenvalue weighted by Gasteiger charge is -2.15. The van der Waals surface area contributed by atoms with Crippen molar-refractivity contribution in [1.82, 2.24) is 24.7 Å². The molecule has 4 aromatic rings. The number of benzene rings is 1. The molecule has 2 fully saturated rings. The molecule has 0 bridgehead atoms. The Morgan fingerprint density at radius 3 is 2.82 bits per heavy atom. The molecule has 33 heavy (non-hydrogen) atoms. The van der Waals surface area contributed by atoms with Crippen LogP contribution in [0.2, 0.25) is 0 Å². The Kier molecular flexibility index (Phi) is 4.41. The molecule has 0 radical (unpaired) electrons. The van der Waals surface area contributed by atoms with Crippen molar-refractivity contribution in [2.45, 2.75) is 6.42 Å². The molecule has 4 heterocycles. The SMILES string of the molecule is COc1cc2ncnc(-c3cn(C)nc3-c3ccccc3)c2nc1NC(=O)[C@]12COC[C@H]1C2. The second kappa shape index (κ2) is 7.35. The monoisotopic (exact) mass is 442 g/mol. The Balaban J connectivity index is 1.47. The van der Waals surface area contributed by atoms with E-state index in [9.17, 15) is 4.79 Å². The van der Waals surface area contributed by atoms with Crippen molar-refractivity contribution in [3.63, 3.8) is 0 Å². The van der Waals surface area contributed by atoms with E-state index >= 15 is 0 Å². The lowest BCUT2D eigenvalue weighted by Crippen LogP contribution is -2.27. The number of nitrogens with one attached hydrogen (secondary N) is 1. The number of amides is 1. The molecular weight excluding hydrogens is 420 g/mol. The van der Waals surface area contributed by atoms with Gasteiger partial charge in [-0.3, -0.25) is 9.48 Å². The predicted octanol–water partition coefficient (Wildman–Crippen LogP) is 3.08. The fourth-order valence-corrected chi connectivity index (χ4v) is 4.62. The van der Waals surface area contributed by atoms with Crippen molar-refractivity contribution < 1.29 is 14.3 Å². The van der Waals surface area contributed by atoms with E-state index in [2.05, 4.69) is 20.4 Å². The molecule has 1 saturated heterocycles. The highest BCUT2D eigenvalue weighted by molar-refractivity contribution is 6.01. The number of ether oxygens (including phenoxy) is 2. The Morgan fingerprint density at radius 1 is 1.24 bits per heavy atom. The summed E-state index contributed by atoms with van der Waals surface area (Å²) in [6, 6.07) is 11.7. The summed E-state index contributed by atoms with van der Waals surface area (Å²) in [7, 11) is 3.42. The van der Waals surface area contributed by atoms with Gasteiger partial charge < -0.3 is 14.8 Å². The number of fused-ring (bicyclic) bond motifs is 2. The molecule has 2 atom stereocenters. The molecule has 1 amide bonds. The largest absolute Gasteiger partial charge is 0.493 e. The van der Waals surface area contributed by atoms with Gasteiger partial charge in [0, 0.05) is 36.4 Å². The Morgan fingerprint density at radius 2 is 2.09 bits per heavy atom. The maximum Gasteiger partial charge on any atom is 0.234 e. The minimum Gasteiger partial charge on any atom is -0.493 e. The van der Waals surface area contributed by atoms with Crippen LogP contribution in [-0.2, 0) is 16.6 Å². The quantitative estimate of drug-likeness (QED) is 0.506. The molecule has 1 aliphatic carbocycles.